The molecule has 5 rings (SSSR count). The Labute approximate surface area is 219 Å². The van der Waals surface area contributed by atoms with E-state index in [0.29, 0.717) is 23.8 Å². The van der Waals surface area contributed by atoms with E-state index in [2.05, 4.69) is 45.1 Å². The summed E-state index contributed by atoms with van der Waals surface area (Å²) in [5.41, 5.74) is 1.85. The number of aliphatic hydroxyl groups is 1. The zero-order chi connectivity index (χ0) is 25.9. The van der Waals surface area contributed by atoms with Crippen molar-refractivity contribution in [2.24, 2.45) is 51.0 Å². The van der Waals surface area contributed by atoms with Crippen molar-refractivity contribution in [1.82, 2.24) is 10.2 Å². The summed E-state index contributed by atoms with van der Waals surface area (Å²) in [5, 5.41) is 18.3. The summed E-state index contributed by atoms with van der Waals surface area (Å²) in [6.07, 6.45) is 11.5. The third-order valence-corrected chi connectivity index (χ3v) is 12.3. The molecule has 1 saturated heterocycles. The summed E-state index contributed by atoms with van der Waals surface area (Å²) in [7, 11) is 1.82. The lowest BCUT2D eigenvalue weighted by Gasteiger charge is -2.61. The Kier molecular flexibility index (Phi) is 7.02. The Balaban J connectivity index is 1.22. The second-order valence-corrected chi connectivity index (χ2v) is 14.5. The molecule has 6 nitrogen and oxygen atoms in total. The minimum absolute atomic E-state index is 0.0779. The number of carbonyl (C=O) groups is 1. The van der Waals surface area contributed by atoms with Crippen molar-refractivity contribution in [1.29, 1.82) is 0 Å². The Morgan fingerprint density at radius 1 is 1.00 bits per heavy atom. The van der Waals surface area contributed by atoms with Crippen molar-refractivity contribution < 1.29 is 14.7 Å². The van der Waals surface area contributed by atoms with Crippen LogP contribution in [-0.2, 0) is 4.84 Å². The Morgan fingerprint density at radius 2 is 1.72 bits per heavy atom. The van der Waals surface area contributed by atoms with Crippen LogP contribution in [0.4, 0.5) is 4.79 Å². The highest BCUT2D eigenvalue weighted by Crippen LogP contribution is 2.67. The fraction of sp³-hybridized carbons (Fsp3) is 0.933. The van der Waals surface area contributed by atoms with Crippen LogP contribution in [0.2, 0.25) is 0 Å². The fourth-order valence-corrected chi connectivity index (χ4v) is 9.85. The number of likely N-dealkylation sites (N-methyl/N-ethyl adjacent to an activating group) is 1. The van der Waals surface area contributed by atoms with Crippen molar-refractivity contribution in [2.75, 3.05) is 20.1 Å². The van der Waals surface area contributed by atoms with Crippen molar-refractivity contribution in [3.63, 3.8) is 0 Å². The molecule has 0 spiro atoms. The van der Waals surface area contributed by atoms with Gasteiger partial charge in [0.2, 0.25) is 0 Å². The van der Waals surface area contributed by atoms with Gasteiger partial charge in [-0.25, -0.2) is 4.79 Å². The molecule has 0 aromatic carbocycles. The van der Waals surface area contributed by atoms with Crippen LogP contribution in [0.3, 0.4) is 0 Å². The molecule has 0 aromatic rings. The van der Waals surface area contributed by atoms with Crippen LogP contribution in [0.1, 0.15) is 98.8 Å². The zero-order valence-corrected chi connectivity index (χ0v) is 23.7. The lowest BCUT2D eigenvalue weighted by atomic mass is 9.44. The summed E-state index contributed by atoms with van der Waals surface area (Å²) in [5.74, 6) is 3.45. The fourth-order valence-electron chi connectivity index (χ4n) is 9.85. The number of oxime groups is 1. The topological polar surface area (TPSA) is 74.2 Å². The van der Waals surface area contributed by atoms with Gasteiger partial charge in [-0.1, -0.05) is 32.9 Å². The normalized spacial score (nSPS) is 46.0. The first-order valence-corrected chi connectivity index (χ1v) is 14.8. The summed E-state index contributed by atoms with van der Waals surface area (Å²) in [6.45, 7) is 13.3. The van der Waals surface area contributed by atoms with Gasteiger partial charge in [0, 0.05) is 25.6 Å². The maximum Gasteiger partial charge on any atom is 0.435 e. The van der Waals surface area contributed by atoms with Gasteiger partial charge in [-0.3, -0.25) is 4.84 Å². The number of carbonyl (C=O) groups excluding carboxylic acids is 1. The van der Waals surface area contributed by atoms with E-state index in [1.54, 1.807) is 4.90 Å². The molecule has 9 atom stereocenters. The van der Waals surface area contributed by atoms with E-state index >= 15 is 0 Å². The lowest BCUT2D eigenvalue weighted by Crippen LogP contribution is -2.54. The van der Waals surface area contributed by atoms with Crippen LogP contribution >= 0.6 is 0 Å². The van der Waals surface area contributed by atoms with E-state index in [9.17, 15) is 9.90 Å². The van der Waals surface area contributed by atoms with E-state index in [1.807, 2.05) is 7.05 Å². The number of nitrogens with one attached hydrogen (secondary N) is 1. The molecule has 0 aromatic heterocycles. The van der Waals surface area contributed by atoms with Crippen LogP contribution in [0.25, 0.3) is 0 Å². The number of nitrogens with zero attached hydrogens (tertiary/aromatic N) is 2. The van der Waals surface area contributed by atoms with Gasteiger partial charge in [-0.2, -0.15) is 0 Å². The van der Waals surface area contributed by atoms with Crippen LogP contribution in [0, 0.1) is 45.8 Å². The minimum Gasteiger partial charge on any atom is -0.393 e. The minimum atomic E-state index is -0.354. The first-order chi connectivity index (χ1) is 17.0. The average Bonchev–Trinajstić information content (AvgIpc) is 3.35. The van der Waals surface area contributed by atoms with Crippen molar-refractivity contribution in [2.45, 2.75) is 111 Å². The van der Waals surface area contributed by atoms with E-state index in [-0.39, 0.29) is 29.1 Å². The monoisotopic (exact) mass is 501 g/mol. The molecular weight excluding hydrogens is 450 g/mol. The standard InChI is InChI=1S/C30H51N3O3/c1-19(32-36-27(35)33(6)18-26-28(2,3)15-16-31-26)23-9-10-24-22-8-7-20-17-21(34)11-13-29(20,4)25(22)12-14-30(23,24)5/h20-26,31,34H,7-18H2,1-6H3/b32-19+/t20-,21+,22-,23+,24-,25-,26?,29-,30+/m0/s1. The first kappa shape index (κ1) is 26.5. The Hall–Kier alpha value is -1.14. The molecule has 2 N–H and O–H groups in total. The molecule has 204 valence electrons. The number of amides is 1. The average molecular weight is 502 g/mol. The highest BCUT2D eigenvalue weighted by molar-refractivity contribution is 5.85. The lowest BCUT2D eigenvalue weighted by molar-refractivity contribution is -0.123. The van der Waals surface area contributed by atoms with E-state index in [4.69, 9.17) is 4.84 Å². The van der Waals surface area contributed by atoms with Gasteiger partial charge in [-0.05, 0) is 118 Å². The van der Waals surface area contributed by atoms with Gasteiger partial charge >= 0.3 is 6.09 Å². The number of aliphatic hydroxyl groups excluding tert-OH is 1. The molecule has 5 aliphatic rings. The van der Waals surface area contributed by atoms with Crippen LogP contribution in [-0.4, -0.2) is 54.1 Å². The number of fused-ring (bicyclic) bond motifs is 5. The predicted octanol–water partition coefficient (Wildman–Crippen LogP) is 5.84. The number of rotatable bonds is 4. The summed E-state index contributed by atoms with van der Waals surface area (Å²) in [6, 6.07) is 0.286. The Morgan fingerprint density at radius 3 is 2.44 bits per heavy atom. The molecule has 1 aliphatic heterocycles. The number of hydrogen-bond acceptors (Lipinski definition) is 5. The SMILES string of the molecule is C/C(=N\OC(=O)N(C)CC1NCCC1(C)C)[C@H]1CC[C@H]2[C@@H]3CC[C@H]4C[C@H](O)CC[C@]4(C)[C@H]3CC[C@]12C. The molecule has 36 heavy (non-hydrogen) atoms. The van der Waals surface area contributed by atoms with Gasteiger partial charge in [0.1, 0.15) is 0 Å². The molecule has 0 bridgehead atoms. The van der Waals surface area contributed by atoms with Gasteiger partial charge in [-0.15, -0.1) is 0 Å². The Bertz CT molecular complexity index is 874. The van der Waals surface area contributed by atoms with Crippen LogP contribution in [0.15, 0.2) is 5.16 Å². The molecule has 0 radical (unpaired) electrons. The van der Waals surface area contributed by atoms with Crippen LogP contribution < -0.4 is 5.32 Å². The summed E-state index contributed by atoms with van der Waals surface area (Å²) in [4.78, 5) is 19.9. The quantitative estimate of drug-likeness (QED) is 0.288. The van der Waals surface area contributed by atoms with Crippen molar-refractivity contribution in [3.05, 3.63) is 0 Å². The van der Waals surface area contributed by atoms with Crippen molar-refractivity contribution in [3.8, 4) is 0 Å². The third kappa shape index (κ3) is 4.42. The van der Waals surface area contributed by atoms with E-state index < -0.39 is 0 Å². The molecule has 1 heterocycles. The van der Waals surface area contributed by atoms with E-state index in [0.717, 1.165) is 55.7 Å². The molecule has 4 saturated carbocycles. The zero-order valence-electron chi connectivity index (χ0n) is 23.7. The maximum atomic E-state index is 12.8. The largest absolute Gasteiger partial charge is 0.435 e. The van der Waals surface area contributed by atoms with Gasteiger partial charge in [0.25, 0.3) is 0 Å². The smallest absolute Gasteiger partial charge is 0.393 e. The predicted molar refractivity (Wildman–Crippen MR) is 144 cm³/mol. The number of hydrogen-bond donors (Lipinski definition) is 2. The van der Waals surface area contributed by atoms with Crippen molar-refractivity contribution >= 4 is 11.8 Å². The summed E-state index contributed by atoms with van der Waals surface area (Å²) < 4.78 is 0. The van der Waals surface area contributed by atoms with Gasteiger partial charge < -0.3 is 15.3 Å². The molecule has 1 amide bonds. The second-order valence-electron chi connectivity index (χ2n) is 14.5. The molecule has 6 heteroatoms. The molecule has 4 aliphatic carbocycles. The highest BCUT2D eigenvalue weighted by Gasteiger charge is 2.60. The van der Waals surface area contributed by atoms with E-state index in [1.165, 1.54) is 38.5 Å². The molecule has 5 fully saturated rings. The highest BCUT2D eigenvalue weighted by atomic mass is 16.7. The van der Waals surface area contributed by atoms with Crippen LogP contribution in [0.5, 0.6) is 0 Å². The van der Waals surface area contributed by atoms with Gasteiger partial charge in [0.15, 0.2) is 0 Å². The molecular formula is C30H51N3O3. The first-order valence-electron chi connectivity index (χ1n) is 14.8. The summed E-state index contributed by atoms with van der Waals surface area (Å²) >= 11 is 0. The third-order valence-electron chi connectivity index (χ3n) is 12.3. The second kappa shape index (κ2) is 9.55. The maximum absolute atomic E-state index is 12.8. The van der Waals surface area contributed by atoms with Gasteiger partial charge in [0.05, 0.1) is 11.8 Å². The molecule has 1 unspecified atom stereocenters.